The van der Waals surface area contributed by atoms with Gasteiger partial charge in [-0.05, 0) is 25.8 Å². The molecule has 0 aromatic carbocycles. The van der Waals surface area contributed by atoms with Gasteiger partial charge in [-0.1, -0.05) is 13.8 Å². The molecule has 0 radical (unpaired) electrons. The van der Waals surface area contributed by atoms with Crippen LogP contribution in [0.4, 0.5) is 5.69 Å². The van der Waals surface area contributed by atoms with Crippen molar-refractivity contribution in [3.8, 4) is 0 Å². The van der Waals surface area contributed by atoms with Crippen molar-refractivity contribution in [1.29, 1.82) is 0 Å². The number of nitrogens with zero attached hydrogens (tertiary/aromatic N) is 2. The van der Waals surface area contributed by atoms with Crippen LogP contribution in [-0.4, -0.2) is 47.6 Å². The van der Waals surface area contributed by atoms with Crippen molar-refractivity contribution >= 4 is 11.6 Å². The summed E-state index contributed by atoms with van der Waals surface area (Å²) < 4.78 is 5.67. The molecule has 0 spiro atoms. The largest absolute Gasteiger partial charge is 0.383 e. The maximum absolute atomic E-state index is 12.9. The molecule has 1 aromatic heterocycles. The summed E-state index contributed by atoms with van der Waals surface area (Å²) in [6.45, 7) is 8.30. The maximum Gasteiger partial charge on any atom is 0.256 e. The fourth-order valence-electron chi connectivity index (χ4n) is 2.57. The highest BCUT2D eigenvalue weighted by Gasteiger charge is 2.30. The van der Waals surface area contributed by atoms with E-state index in [2.05, 4.69) is 24.1 Å². The van der Waals surface area contributed by atoms with Crippen LogP contribution >= 0.6 is 0 Å². The third kappa shape index (κ3) is 3.73. The van der Waals surface area contributed by atoms with Gasteiger partial charge in [0, 0.05) is 19.3 Å². The Morgan fingerprint density at radius 1 is 1.52 bits per heavy atom. The van der Waals surface area contributed by atoms with Crippen LogP contribution in [0.1, 0.15) is 44.0 Å². The van der Waals surface area contributed by atoms with Crippen LogP contribution in [0.5, 0.6) is 0 Å². The van der Waals surface area contributed by atoms with Crippen molar-refractivity contribution in [2.45, 2.75) is 45.8 Å². The van der Waals surface area contributed by atoms with Crippen molar-refractivity contribution in [1.82, 2.24) is 9.88 Å². The second kappa shape index (κ2) is 7.41. The average Bonchev–Trinajstić information content (AvgIpc) is 2.52. The van der Waals surface area contributed by atoms with E-state index in [0.29, 0.717) is 18.7 Å². The fraction of sp³-hybridized carbons (Fsp3) is 0.625. The van der Waals surface area contributed by atoms with Crippen molar-refractivity contribution in [3.63, 3.8) is 0 Å². The number of rotatable bonds is 5. The Bertz CT molecular complexity index is 478. The third-order valence-electron chi connectivity index (χ3n) is 3.82. The summed E-state index contributed by atoms with van der Waals surface area (Å²) in [6.07, 6.45) is 5.41. The smallest absolute Gasteiger partial charge is 0.256 e. The predicted molar refractivity (Wildman–Crippen MR) is 83.5 cm³/mol. The molecular weight excluding hydrogens is 266 g/mol. The molecule has 0 bridgehead atoms. The number of amides is 1. The van der Waals surface area contributed by atoms with E-state index in [1.54, 1.807) is 18.5 Å². The van der Waals surface area contributed by atoms with Crippen molar-refractivity contribution in [2.24, 2.45) is 0 Å². The zero-order valence-electron chi connectivity index (χ0n) is 13.1. The normalized spacial score (nSPS) is 22.1. The zero-order chi connectivity index (χ0) is 15.2. The van der Waals surface area contributed by atoms with Gasteiger partial charge in [-0.3, -0.25) is 9.78 Å². The molecule has 5 nitrogen and oxygen atoms in total. The number of pyridine rings is 1. The lowest BCUT2D eigenvalue weighted by Gasteiger charge is -2.38. The van der Waals surface area contributed by atoms with Gasteiger partial charge in [-0.25, -0.2) is 0 Å². The average molecular weight is 291 g/mol. The number of nitrogens with one attached hydrogen (secondary N) is 1. The molecule has 2 rings (SSSR count). The van der Waals surface area contributed by atoms with E-state index in [4.69, 9.17) is 4.74 Å². The summed E-state index contributed by atoms with van der Waals surface area (Å²) in [5, 5.41) is 3.29. The van der Waals surface area contributed by atoms with Crippen LogP contribution in [0.15, 0.2) is 18.5 Å². The van der Waals surface area contributed by atoms with E-state index in [-0.39, 0.29) is 18.1 Å². The van der Waals surface area contributed by atoms with Crippen LogP contribution in [0.3, 0.4) is 0 Å². The Morgan fingerprint density at radius 3 is 3.05 bits per heavy atom. The van der Waals surface area contributed by atoms with Gasteiger partial charge in [0.2, 0.25) is 0 Å². The Morgan fingerprint density at radius 2 is 2.33 bits per heavy atom. The van der Waals surface area contributed by atoms with E-state index in [0.717, 1.165) is 25.1 Å². The molecule has 21 heavy (non-hydrogen) atoms. The molecule has 1 fully saturated rings. The second-order valence-electron chi connectivity index (χ2n) is 5.51. The standard InChI is InChI=1S/C16H25N3O2/c1-4-7-18-15-9-17-8-6-14(15)16(20)19-10-12(3)21-11-13(19)5-2/h6,8-9,12-13,18H,4-5,7,10-11H2,1-3H3. The third-order valence-corrected chi connectivity index (χ3v) is 3.82. The highest BCUT2D eigenvalue weighted by atomic mass is 16.5. The molecule has 2 unspecified atom stereocenters. The molecule has 1 N–H and O–H groups in total. The minimum absolute atomic E-state index is 0.0676. The first-order chi connectivity index (χ1) is 10.2. The predicted octanol–water partition coefficient (Wildman–Crippen LogP) is 2.54. The molecule has 2 atom stereocenters. The monoisotopic (exact) mass is 291 g/mol. The first-order valence-electron chi connectivity index (χ1n) is 7.77. The summed E-state index contributed by atoms with van der Waals surface area (Å²) in [5.41, 5.74) is 1.52. The van der Waals surface area contributed by atoms with E-state index in [1.807, 2.05) is 11.8 Å². The van der Waals surface area contributed by atoms with Crippen molar-refractivity contribution in [3.05, 3.63) is 24.0 Å². The lowest BCUT2D eigenvalue weighted by atomic mass is 10.1. The summed E-state index contributed by atoms with van der Waals surface area (Å²) in [4.78, 5) is 19.0. The lowest BCUT2D eigenvalue weighted by molar-refractivity contribution is -0.0443. The summed E-state index contributed by atoms with van der Waals surface area (Å²) >= 11 is 0. The van der Waals surface area contributed by atoms with Gasteiger partial charge in [0.25, 0.3) is 5.91 Å². The van der Waals surface area contributed by atoms with E-state index in [1.165, 1.54) is 0 Å². The summed E-state index contributed by atoms with van der Waals surface area (Å²) in [7, 11) is 0. The van der Waals surface area contributed by atoms with Crippen molar-refractivity contribution < 1.29 is 9.53 Å². The van der Waals surface area contributed by atoms with E-state index < -0.39 is 0 Å². The van der Waals surface area contributed by atoms with Gasteiger partial charge in [0.05, 0.1) is 36.2 Å². The number of ether oxygens (including phenoxy) is 1. The van der Waals surface area contributed by atoms with Gasteiger partial charge in [0.1, 0.15) is 0 Å². The maximum atomic E-state index is 12.9. The second-order valence-corrected chi connectivity index (χ2v) is 5.51. The summed E-state index contributed by atoms with van der Waals surface area (Å²) in [5.74, 6) is 0.0676. The molecule has 1 saturated heterocycles. The minimum Gasteiger partial charge on any atom is -0.383 e. The van der Waals surface area contributed by atoms with Crippen LogP contribution in [0.2, 0.25) is 0 Å². The molecule has 2 heterocycles. The van der Waals surface area contributed by atoms with Crippen LogP contribution in [-0.2, 0) is 4.74 Å². The highest BCUT2D eigenvalue weighted by molar-refractivity contribution is 5.99. The number of aromatic nitrogens is 1. The number of carbonyl (C=O) groups is 1. The first kappa shape index (κ1) is 15.8. The number of hydrogen-bond donors (Lipinski definition) is 1. The van der Waals surface area contributed by atoms with Crippen molar-refractivity contribution in [2.75, 3.05) is 25.0 Å². The first-order valence-corrected chi connectivity index (χ1v) is 7.77. The van der Waals surface area contributed by atoms with E-state index >= 15 is 0 Å². The molecule has 0 saturated carbocycles. The van der Waals surface area contributed by atoms with Gasteiger partial charge in [-0.15, -0.1) is 0 Å². The van der Waals surface area contributed by atoms with Crippen LogP contribution in [0, 0.1) is 0 Å². The molecule has 1 aromatic rings. The summed E-state index contributed by atoms with van der Waals surface area (Å²) in [6, 6.07) is 1.95. The molecular formula is C16H25N3O2. The van der Waals surface area contributed by atoms with Crippen LogP contribution < -0.4 is 5.32 Å². The number of morpholine rings is 1. The number of carbonyl (C=O) groups excluding carboxylic acids is 1. The van der Waals surface area contributed by atoms with Gasteiger partial charge in [-0.2, -0.15) is 0 Å². The Labute approximate surface area is 126 Å². The molecule has 5 heteroatoms. The topological polar surface area (TPSA) is 54.5 Å². The molecule has 1 amide bonds. The van der Waals surface area contributed by atoms with Gasteiger partial charge >= 0.3 is 0 Å². The number of hydrogen-bond acceptors (Lipinski definition) is 4. The Kier molecular flexibility index (Phi) is 5.56. The Hall–Kier alpha value is -1.62. The van der Waals surface area contributed by atoms with E-state index in [9.17, 15) is 4.79 Å². The van der Waals surface area contributed by atoms with Crippen LogP contribution in [0.25, 0.3) is 0 Å². The molecule has 1 aliphatic rings. The molecule has 0 aliphatic carbocycles. The SMILES string of the molecule is CCCNc1cnccc1C(=O)N1CC(C)OCC1CC. The molecule has 116 valence electrons. The quantitative estimate of drug-likeness (QED) is 0.906. The minimum atomic E-state index is 0.0676. The Balaban J connectivity index is 2.21. The zero-order valence-corrected chi connectivity index (χ0v) is 13.1. The van der Waals surface area contributed by atoms with Gasteiger partial charge < -0.3 is 15.0 Å². The lowest BCUT2D eigenvalue weighted by Crippen LogP contribution is -2.51. The van der Waals surface area contributed by atoms with Gasteiger partial charge in [0.15, 0.2) is 0 Å². The fourth-order valence-corrected chi connectivity index (χ4v) is 2.57. The highest BCUT2D eigenvalue weighted by Crippen LogP contribution is 2.21. The number of anilines is 1. The molecule has 1 aliphatic heterocycles.